The van der Waals surface area contributed by atoms with E-state index in [2.05, 4.69) is 25.6 Å². The van der Waals surface area contributed by atoms with Gasteiger partial charge in [0, 0.05) is 13.5 Å². The molecule has 0 fully saturated rings. The van der Waals surface area contributed by atoms with E-state index in [0.29, 0.717) is 15.9 Å². The topological polar surface area (TPSA) is 144 Å². The molecule has 3 aromatic heterocycles. The van der Waals surface area contributed by atoms with Crippen molar-refractivity contribution >= 4 is 23.4 Å². The predicted molar refractivity (Wildman–Crippen MR) is 140 cm³/mol. The fourth-order valence-electron chi connectivity index (χ4n) is 4.38. The number of pyridine rings is 1. The molecule has 0 radical (unpaired) electrons. The number of hydrogen-bond donors (Lipinski definition) is 1. The van der Waals surface area contributed by atoms with Crippen molar-refractivity contribution in [2.24, 2.45) is 0 Å². The summed E-state index contributed by atoms with van der Waals surface area (Å²) in [6, 6.07) is 7.70. The number of carbonyl (C=O) groups is 2. The molecule has 1 aliphatic rings. The van der Waals surface area contributed by atoms with Gasteiger partial charge in [-0.2, -0.15) is 33.7 Å². The number of amides is 2. The van der Waals surface area contributed by atoms with E-state index in [9.17, 15) is 28.0 Å². The van der Waals surface area contributed by atoms with Crippen molar-refractivity contribution in [3.63, 3.8) is 0 Å². The Balaban J connectivity index is 0.00000405. The summed E-state index contributed by atoms with van der Waals surface area (Å²) in [6.07, 6.45) is -0.587. The predicted octanol–water partition coefficient (Wildman–Crippen LogP) is 4.53. The number of halogens is 3. The lowest BCUT2D eigenvalue weighted by Gasteiger charge is -2.25. The van der Waals surface area contributed by atoms with Crippen LogP contribution in [0.3, 0.4) is 0 Å². The highest BCUT2D eigenvalue weighted by Crippen LogP contribution is 2.38. The largest absolute Gasteiger partial charge is 0.443 e. The summed E-state index contributed by atoms with van der Waals surface area (Å²) in [5.74, 6) is -1.03. The quantitative estimate of drug-likeness (QED) is 0.379. The molecular formula is C26H24F3N9O3. The number of nitriles is 1. The summed E-state index contributed by atoms with van der Waals surface area (Å²) in [7, 11) is 0. The maximum atomic E-state index is 14.4. The Kier molecular flexibility index (Phi) is 6.69. The first-order chi connectivity index (χ1) is 19.4. The van der Waals surface area contributed by atoms with E-state index in [0.717, 1.165) is 11.0 Å². The van der Waals surface area contributed by atoms with Gasteiger partial charge in [0.1, 0.15) is 17.2 Å². The lowest BCUT2D eigenvalue weighted by molar-refractivity contribution is -0.143. The molecule has 4 heterocycles. The van der Waals surface area contributed by atoms with Crippen LogP contribution in [0.15, 0.2) is 49.1 Å². The molecule has 0 saturated heterocycles. The molecule has 0 saturated carbocycles. The fourth-order valence-corrected chi connectivity index (χ4v) is 4.38. The van der Waals surface area contributed by atoms with Crippen LogP contribution in [0.2, 0.25) is 0 Å². The Morgan fingerprint density at radius 1 is 1.10 bits per heavy atom. The zero-order valence-electron chi connectivity index (χ0n) is 22.0. The molecule has 1 N–H and O–H groups in total. The number of carbonyl (C=O) groups excluding carboxylic acids is 2. The van der Waals surface area contributed by atoms with Crippen LogP contribution in [-0.4, -0.2) is 53.9 Å². The van der Waals surface area contributed by atoms with Crippen LogP contribution in [0.5, 0.6) is 0 Å². The van der Waals surface area contributed by atoms with E-state index in [1.165, 1.54) is 41.7 Å². The zero-order valence-corrected chi connectivity index (χ0v) is 22.0. The Labute approximate surface area is 232 Å². The van der Waals surface area contributed by atoms with Crippen LogP contribution < -0.4 is 10.2 Å². The zero-order chi connectivity index (χ0) is 29.5. The van der Waals surface area contributed by atoms with Gasteiger partial charge in [0.05, 0.1) is 47.4 Å². The fraction of sp³-hybridized carbons (Fsp3) is 0.269. The van der Waals surface area contributed by atoms with Crippen molar-refractivity contribution in [2.75, 3.05) is 16.8 Å². The standard InChI is InChI=1S/C26H22F3N9O3.H2/c1-25(2,3)41-24(40)36-10-7-17-19(36)5-4-6-20(17)37-21(26(27,28)29)18(14-34-37)23(39)35-16-11-15(12-30)22(31-13-16)38-32-8-9-33-38;/h4-6,8-9,11,13-14H,7,10H2,1-3H3,(H,35,39);1H. The molecule has 0 spiro atoms. The SMILES string of the molecule is CC(C)(C)OC(=O)N1CCc2c1cccc2-n1ncc(C(=O)Nc2cnc(-n3nccn3)c(C#N)c2)c1C(F)(F)F.[HH]. The van der Waals surface area contributed by atoms with E-state index in [-0.39, 0.29) is 37.1 Å². The normalized spacial score (nSPS) is 13.0. The monoisotopic (exact) mass is 567 g/mol. The van der Waals surface area contributed by atoms with Gasteiger partial charge in [-0.05, 0) is 45.4 Å². The molecule has 1 aliphatic heterocycles. The molecule has 0 aliphatic carbocycles. The van der Waals surface area contributed by atoms with E-state index in [1.807, 2.05) is 6.07 Å². The lowest BCUT2D eigenvalue weighted by atomic mass is 10.1. The van der Waals surface area contributed by atoms with Crippen molar-refractivity contribution < 1.29 is 28.9 Å². The van der Waals surface area contributed by atoms with Gasteiger partial charge in [-0.3, -0.25) is 9.69 Å². The Morgan fingerprint density at radius 3 is 2.46 bits per heavy atom. The lowest BCUT2D eigenvalue weighted by Crippen LogP contribution is -2.35. The average molecular weight is 568 g/mol. The second-order valence-electron chi connectivity index (χ2n) is 9.95. The number of aromatic nitrogens is 6. The van der Waals surface area contributed by atoms with Gasteiger partial charge in [-0.15, -0.1) is 4.80 Å². The minimum absolute atomic E-state index is 0. The molecule has 0 atom stereocenters. The number of benzene rings is 1. The summed E-state index contributed by atoms with van der Waals surface area (Å²) in [4.78, 5) is 32.3. The molecule has 1 aromatic carbocycles. The van der Waals surface area contributed by atoms with Gasteiger partial charge < -0.3 is 10.1 Å². The molecular weight excluding hydrogens is 543 g/mol. The van der Waals surface area contributed by atoms with E-state index in [4.69, 9.17) is 4.74 Å². The summed E-state index contributed by atoms with van der Waals surface area (Å²) < 4.78 is 49.3. The first-order valence-electron chi connectivity index (χ1n) is 12.2. The van der Waals surface area contributed by atoms with Crippen molar-refractivity contribution in [2.45, 2.75) is 39.0 Å². The number of nitrogens with zero attached hydrogens (tertiary/aromatic N) is 8. The van der Waals surface area contributed by atoms with Crippen molar-refractivity contribution in [3.05, 3.63) is 71.4 Å². The number of hydrogen-bond acceptors (Lipinski definition) is 8. The number of anilines is 2. The number of ether oxygens (including phenoxy) is 1. The van der Waals surface area contributed by atoms with Gasteiger partial charge in [-0.25, -0.2) is 14.5 Å². The van der Waals surface area contributed by atoms with Gasteiger partial charge in [0.25, 0.3) is 5.91 Å². The second-order valence-corrected chi connectivity index (χ2v) is 9.95. The van der Waals surface area contributed by atoms with Crippen LogP contribution in [0.1, 0.15) is 49.4 Å². The minimum atomic E-state index is -4.97. The summed E-state index contributed by atoms with van der Waals surface area (Å²) in [5.41, 5.74) is -1.91. The highest BCUT2D eigenvalue weighted by atomic mass is 19.4. The third kappa shape index (κ3) is 5.31. The third-order valence-corrected chi connectivity index (χ3v) is 5.98. The van der Waals surface area contributed by atoms with Gasteiger partial charge >= 0.3 is 12.3 Å². The molecule has 41 heavy (non-hydrogen) atoms. The average Bonchev–Trinajstić information content (AvgIpc) is 3.66. The van der Waals surface area contributed by atoms with Crippen molar-refractivity contribution in [3.8, 4) is 17.6 Å². The first kappa shape index (κ1) is 27.3. The minimum Gasteiger partial charge on any atom is -0.443 e. The number of rotatable bonds is 4. The Bertz CT molecular complexity index is 1690. The molecule has 5 rings (SSSR count). The third-order valence-electron chi connectivity index (χ3n) is 5.98. The summed E-state index contributed by atoms with van der Waals surface area (Å²) in [6.45, 7) is 5.35. The summed E-state index contributed by atoms with van der Waals surface area (Å²) in [5, 5.41) is 23.6. The number of nitrogens with one attached hydrogen (secondary N) is 1. The number of alkyl halides is 3. The molecule has 212 valence electrons. The van der Waals surface area contributed by atoms with Crippen LogP contribution in [-0.2, 0) is 17.3 Å². The van der Waals surface area contributed by atoms with E-state index in [1.54, 1.807) is 26.8 Å². The number of fused-ring (bicyclic) bond motifs is 1. The van der Waals surface area contributed by atoms with Crippen LogP contribution in [0.4, 0.5) is 29.3 Å². The molecule has 12 nitrogen and oxygen atoms in total. The van der Waals surface area contributed by atoms with E-state index < -0.39 is 35.0 Å². The van der Waals surface area contributed by atoms with Crippen LogP contribution >= 0.6 is 0 Å². The van der Waals surface area contributed by atoms with Crippen LogP contribution in [0.25, 0.3) is 11.5 Å². The molecule has 0 bridgehead atoms. The Morgan fingerprint density at radius 2 is 1.80 bits per heavy atom. The van der Waals surface area contributed by atoms with Gasteiger partial charge in [0.15, 0.2) is 11.5 Å². The van der Waals surface area contributed by atoms with Crippen LogP contribution in [0, 0.1) is 11.3 Å². The first-order valence-corrected chi connectivity index (χ1v) is 12.2. The molecule has 0 unspecified atom stereocenters. The molecule has 15 heteroatoms. The smallest absolute Gasteiger partial charge is 0.434 e. The second kappa shape index (κ2) is 10.0. The van der Waals surface area contributed by atoms with Crippen molar-refractivity contribution in [1.29, 1.82) is 5.26 Å². The van der Waals surface area contributed by atoms with Crippen molar-refractivity contribution in [1.82, 2.24) is 29.8 Å². The van der Waals surface area contributed by atoms with E-state index >= 15 is 0 Å². The maximum absolute atomic E-state index is 14.4. The summed E-state index contributed by atoms with van der Waals surface area (Å²) >= 11 is 0. The maximum Gasteiger partial charge on any atom is 0.434 e. The molecule has 4 aromatic rings. The molecule has 2 amide bonds. The van der Waals surface area contributed by atoms with Gasteiger partial charge in [0.2, 0.25) is 0 Å². The highest BCUT2D eigenvalue weighted by molar-refractivity contribution is 6.05. The van der Waals surface area contributed by atoms with Gasteiger partial charge in [-0.1, -0.05) is 6.07 Å². The highest BCUT2D eigenvalue weighted by Gasteiger charge is 2.42. The Hall–Kier alpha value is -5.26.